The second-order valence-corrected chi connectivity index (χ2v) is 6.06. The molecule has 2 aromatic rings. The fraction of sp³-hybridized carbons (Fsp3) is 0.368. The number of hydrogen-bond acceptors (Lipinski definition) is 5. The molecule has 0 saturated carbocycles. The zero-order chi connectivity index (χ0) is 16.8. The van der Waals surface area contributed by atoms with Crippen molar-refractivity contribution < 1.29 is 9.53 Å². The van der Waals surface area contributed by atoms with Crippen LogP contribution < -0.4 is 0 Å². The van der Waals surface area contributed by atoms with Crippen LogP contribution in [0.3, 0.4) is 0 Å². The molecule has 2 heterocycles. The van der Waals surface area contributed by atoms with Gasteiger partial charge >= 0.3 is 5.97 Å². The van der Waals surface area contributed by atoms with Crippen LogP contribution in [0.4, 0.5) is 0 Å². The first-order chi connectivity index (χ1) is 11.7. The normalized spacial score (nSPS) is 16.0. The molecular formula is C19H23N3O2. The van der Waals surface area contributed by atoms with Crippen LogP contribution in [-0.2, 0) is 17.8 Å². The maximum atomic E-state index is 11.5. The van der Waals surface area contributed by atoms with Crippen molar-refractivity contribution in [2.75, 3.05) is 33.3 Å². The average molecular weight is 325 g/mol. The van der Waals surface area contributed by atoms with Gasteiger partial charge in [-0.05, 0) is 29.8 Å². The Morgan fingerprint density at radius 2 is 1.67 bits per heavy atom. The van der Waals surface area contributed by atoms with Crippen molar-refractivity contribution >= 4 is 5.97 Å². The zero-order valence-corrected chi connectivity index (χ0v) is 14.0. The number of ether oxygens (including phenoxy) is 1. The molecule has 1 aliphatic heterocycles. The number of benzene rings is 1. The van der Waals surface area contributed by atoms with Gasteiger partial charge in [-0.1, -0.05) is 18.2 Å². The lowest BCUT2D eigenvalue weighted by Crippen LogP contribution is -2.45. The number of aromatic nitrogens is 1. The van der Waals surface area contributed by atoms with E-state index < -0.39 is 0 Å². The summed E-state index contributed by atoms with van der Waals surface area (Å²) < 4.78 is 4.73. The molecule has 0 aliphatic carbocycles. The zero-order valence-electron chi connectivity index (χ0n) is 14.0. The number of methoxy groups -OCH3 is 1. The van der Waals surface area contributed by atoms with Crippen molar-refractivity contribution in [3.8, 4) is 0 Å². The quantitative estimate of drug-likeness (QED) is 0.789. The van der Waals surface area contributed by atoms with Crippen molar-refractivity contribution in [1.82, 2.24) is 14.8 Å². The molecule has 0 spiro atoms. The summed E-state index contributed by atoms with van der Waals surface area (Å²) in [7, 11) is 1.40. The van der Waals surface area contributed by atoms with Crippen molar-refractivity contribution in [1.29, 1.82) is 0 Å². The van der Waals surface area contributed by atoms with E-state index in [-0.39, 0.29) is 5.97 Å². The van der Waals surface area contributed by atoms with Gasteiger partial charge in [0.2, 0.25) is 0 Å². The second-order valence-electron chi connectivity index (χ2n) is 6.06. The summed E-state index contributed by atoms with van der Waals surface area (Å²) in [5.41, 5.74) is 2.95. The topological polar surface area (TPSA) is 45.7 Å². The molecule has 0 N–H and O–H groups in total. The highest BCUT2D eigenvalue weighted by atomic mass is 16.5. The molecule has 5 heteroatoms. The number of rotatable bonds is 5. The molecule has 0 bridgehead atoms. The third-order valence-corrected chi connectivity index (χ3v) is 4.36. The lowest BCUT2D eigenvalue weighted by molar-refractivity contribution is 0.0600. The van der Waals surface area contributed by atoms with Gasteiger partial charge in [0.1, 0.15) is 0 Å². The first kappa shape index (κ1) is 16.6. The number of hydrogen-bond donors (Lipinski definition) is 0. The number of nitrogens with zero attached hydrogens (tertiary/aromatic N) is 3. The molecule has 0 radical (unpaired) electrons. The Balaban J connectivity index is 1.47. The van der Waals surface area contributed by atoms with E-state index in [1.54, 1.807) is 0 Å². The van der Waals surface area contributed by atoms with Gasteiger partial charge in [0.05, 0.1) is 18.4 Å². The molecule has 3 rings (SSSR count). The van der Waals surface area contributed by atoms with Gasteiger partial charge in [-0.15, -0.1) is 0 Å². The Labute approximate surface area is 142 Å². The number of carbonyl (C=O) groups is 1. The minimum Gasteiger partial charge on any atom is -0.465 e. The minimum absolute atomic E-state index is 0.287. The number of pyridine rings is 1. The maximum absolute atomic E-state index is 11.5. The van der Waals surface area contributed by atoms with Crippen LogP contribution in [-0.4, -0.2) is 54.0 Å². The van der Waals surface area contributed by atoms with Gasteiger partial charge in [0.25, 0.3) is 0 Å². The highest BCUT2D eigenvalue weighted by Gasteiger charge is 2.17. The van der Waals surface area contributed by atoms with Gasteiger partial charge in [0.15, 0.2) is 0 Å². The molecule has 0 atom stereocenters. The molecular weight excluding hydrogens is 302 g/mol. The highest BCUT2D eigenvalue weighted by Crippen LogP contribution is 2.12. The number of carbonyl (C=O) groups excluding carboxylic acids is 1. The summed E-state index contributed by atoms with van der Waals surface area (Å²) >= 11 is 0. The van der Waals surface area contributed by atoms with E-state index >= 15 is 0 Å². The molecule has 1 fully saturated rings. The van der Waals surface area contributed by atoms with Crippen LogP contribution in [0.5, 0.6) is 0 Å². The van der Waals surface area contributed by atoms with E-state index in [0.717, 1.165) is 45.0 Å². The molecule has 1 aliphatic rings. The van der Waals surface area contributed by atoms with E-state index in [1.807, 2.05) is 42.6 Å². The monoisotopic (exact) mass is 325 g/mol. The Hall–Kier alpha value is -2.24. The standard InChI is InChI=1S/C19H23N3O2/c1-24-19(23)17-7-5-16(6-8-17)14-21-10-12-22(13-11-21)15-18-4-2-3-9-20-18/h2-9H,10-15H2,1H3. The Bertz CT molecular complexity index is 650. The summed E-state index contributed by atoms with van der Waals surface area (Å²) in [5, 5.41) is 0. The molecule has 1 aromatic carbocycles. The van der Waals surface area contributed by atoms with Crippen molar-refractivity contribution in [2.24, 2.45) is 0 Å². The molecule has 24 heavy (non-hydrogen) atoms. The SMILES string of the molecule is COC(=O)c1ccc(CN2CCN(Cc3ccccn3)CC2)cc1. The molecule has 126 valence electrons. The van der Waals surface area contributed by atoms with E-state index in [2.05, 4.69) is 20.9 Å². The van der Waals surface area contributed by atoms with Crippen LogP contribution in [0.2, 0.25) is 0 Å². The summed E-state index contributed by atoms with van der Waals surface area (Å²) in [6.45, 7) is 6.03. The van der Waals surface area contributed by atoms with Crippen LogP contribution in [0.25, 0.3) is 0 Å². The second kappa shape index (κ2) is 8.04. The Morgan fingerprint density at radius 1 is 1.00 bits per heavy atom. The van der Waals surface area contributed by atoms with E-state index in [4.69, 9.17) is 4.74 Å². The number of esters is 1. The number of piperazine rings is 1. The molecule has 0 amide bonds. The largest absolute Gasteiger partial charge is 0.465 e. The minimum atomic E-state index is -0.287. The van der Waals surface area contributed by atoms with Crippen LogP contribution in [0.1, 0.15) is 21.6 Å². The van der Waals surface area contributed by atoms with Crippen molar-refractivity contribution in [2.45, 2.75) is 13.1 Å². The van der Waals surface area contributed by atoms with Gasteiger partial charge in [-0.2, -0.15) is 0 Å². The fourth-order valence-electron chi connectivity index (χ4n) is 2.95. The molecule has 1 saturated heterocycles. The van der Waals surface area contributed by atoms with Gasteiger partial charge in [0, 0.05) is 45.5 Å². The van der Waals surface area contributed by atoms with Crippen molar-refractivity contribution in [3.63, 3.8) is 0 Å². The van der Waals surface area contributed by atoms with E-state index in [9.17, 15) is 4.79 Å². The lowest BCUT2D eigenvalue weighted by Gasteiger charge is -2.34. The summed E-state index contributed by atoms with van der Waals surface area (Å²) in [6, 6.07) is 13.7. The van der Waals surface area contributed by atoms with Gasteiger partial charge < -0.3 is 4.74 Å². The first-order valence-corrected chi connectivity index (χ1v) is 8.26. The predicted molar refractivity (Wildman–Crippen MR) is 92.6 cm³/mol. The van der Waals surface area contributed by atoms with E-state index in [1.165, 1.54) is 12.7 Å². The molecule has 0 unspecified atom stereocenters. The Morgan fingerprint density at radius 3 is 2.25 bits per heavy atom. The highest BCUT2D eigenvalue weighted by molar-refractivity contribution is 5.89. The fourth-order valence-corrected chi connectivity index (χ4v) is 2.95. The first-order valence-electron chi connectivity index (χ1n) is 8.26. The lowest BCUT2D eigenvalue weighted by atomic mass is 10.1. The smallest absolute Gasteiger partial charge is 0.337 e. The van der Waals surface area contributed by atoms with E-state index in [0.29, 0.717) is 5.56 Å². The molecule has 1 aromatic heterocycles. The summed E-state index contributed by atoms with van der Waals surface area (Å²) in [6.07, 6.45) is 1.85. The third-order valence-electron chi connectivity index (χ3n) is 4.36. The summed E-state index contributed by atoms with van der Waals surface area (Å²) in [5.74, 6) is -0.287. The molecule has 5 nitrogen and oxygen atoms in total. The van der Waals surface area contributed by atoms with Crippen LogP contribution >= 0.6 is 0 Å². The van der Waals surface area contributed by atoms with Crippen LogP contribution in [0.15, 0.2) is 48.7 Å². The van der Waals surface area contributed by atoms with Crippen LogP contribution in [0, 0.1) is 0 Å². The van der Waals surface area contributed by atoms with Crippen molar-refractivity contribution in [3.05, 3.63) is 65.5 Å². The Kier molecular flexibility index (Phi) is 5.56. The predicted octanol–water partition coefficient (Wildman–Crippen LogP) is 2.19. The third kappa shape index (κ3) is 4.40. The van der Waals surface area contributed by atoms with Gasteiger partial charge in [-0.25, -0.2) is 4.79 Å². The maximum Gasteiger partial charge on any atom is 0.337 e. The summed E-state index contributed by atoms with van der Waals surface area (Å²) in [4.78, 5) is 20.7. The van der Waals surface area contributed by atoms with Gasteiger partial charge in [-0.3, -0.25) is 14.8 Å². The average Bonchev–Trinajstić information content (AvgIpc) is 2.64.